The Hall–Kier alpha value is -3.54. The van der Waals surface area contributed by atoms with Gasteiger partial charge >= 0.3 is 0 Å². The Kier molecular flexibility index (Phi) is 4.13. The molecule has 1 fully saturated rings. The van der Waals surface area contributed by atoms with Crippen LogP contribution in [0.15, 0.2) is 54.9 Å². The fourth-order valence-electron chi connectivity index (χ4n) is 4.85. The molecule has 0 spiro atoms. The fourth-order valence-corrected chi connectivity index (χ4v) is 4.85. The molecular formula is C25H22FN5. The molecule has 1 aliphatic carbocycles. The predicted octanol–water partition coefficient (Wildman–Crippen LogP) is 6.04. The minimum Gasteiger partial charge on any atom is -0.278 e. The highest BCUT2D eigenvalue weighted by Gasteiger charge is 2.24. The summed E-state index contributed by atoms with van der Waals surface area (Å²) in [6, 6.07) is 13.0. The Balaban J connectivity index is 1.64. The zero-order valence-corrected chi connectivity index (χ0v) is 17.3. The van der Waals surface area contributed by atoms with Crippen molar-refractivity contribution in [3.63, 3.8) is 0 Å². The number of aryl methyl sites for hydroxylation is 1. The van der Waals surface area contributed by atoms with E-state index in [0.29, 0.717) is 5.92 Å². The van der Waals surface area contributed by atoms with Crippen LogP contribution in [0.4, 0.5) is 4.39 Å². The molecule has 1 aliphatic rings. The first-order chi connectivity index (χ1) is 15.2. The van der Waals surface area contributed by atoms with Crippen LogP contribution in [0.2, 0.25) is 0 Å². The van der Waals surface area contributed by atoms with Gasteiger partial charge in [0.15, 0.2) is 11.5 Å². The number of aromatic nitrogens is 5. The maximum absolute atomic E-state index is 13.6. The first-order valence-corrected chi connectivity index (χ1v) is 10.8. The summed E-state index contributed by atoms with van der Waals surface area (Å²) in [4.78, 5) is 5.03. The number of H-pyrrole nitrogens is 1. The van der Waals surface area contributed by atoms with Gasteiger partial charge in [0.05, 0.1) is 11.7 Å². The van der Waals surface area contributed by atoms with Gasteiger partial charge in [-0.3, -0.25) is 5.10 Å². The zero-order valence-electron chi connectivity index (χ0n) is 17.3. The van der Waals surface area contributed by atoms with Crippen molar-refractivity contribution in [1.82, 2.24) is 24.8 Å². The Morgan fingerprint density at radius 3 is 2.65 bits per heavy atom. The lowest BCUT2D eigenvalue weighted by Gasteiger charge is -2.12. The molecule has 5 aromatic rings. The Labute approximate surface area is 178 Å². The van der Waals surface area contributed by atoms with Gasteiger partial charge in [-0.15, -0.1) is 0 Å². The molecule has 31 heavy (non-hydrogen) atoms. The molecule has 3 aromatic heterocycles. The summed E-state index contributed by atoms with van der Waals surface area (Å²) < 4.78 is 15.5. The third-order valence-corrected chi connectivity index (χ3v) is 6.43. The van der Waals surface area contributed by atoms with E-state index in [1.54, 1.807) is 0 Å². The predicted molar refractivity (Wildman–Crippen MR) is 119 cm³/mol. The lowest BCUT2D eigenvalue weighted by Crippen LogP contribution is -1.96. The van der Waals surface area contributed by atoms with Gasteiger partial charge in [0.2, 0.25) is 0 Å². The Morgan fingerprint density at radius 1 is 1.03 bits per heavy atom. The molecule has 0 saturated heterocycles. The summed E-state index contributed by atoms with van der Waals surface area (Å²) in [5.41, 5.74) is 7.03. The van der Waals surface area contributed by atoms with Crippen LogP contribution >= 0.6 is 0 Å². The van der Waals surface area contributed by atoms with E-state index in [4.69, 9.17) is 10.1 Å². The van der Waals surface area contributed by atoms with Gasteiger partial charge in [-0.05, 0) is 72.4 Å². The number of halogens is 1. The number of benzene rings is 2. The van der Waals surface area contributed by atoms with E-state index in [9.17, 15) is 4.39 Å². The van der Waals surface area contributed by atoms with Gasteiger partial charge < -0.3 is 0 Å². The lowest BCUT2D eigenvalue weighted by molar-refractivity contribution is 0.628. The summed E-state index contributed by atoms with van der Waals surface area (Å²) in [6.45, 7) is 2.08. The van der Waals surface area contributed by atoms with Crippen LogP contribution in [-0.2, 0) is 0 Å². The van der Waals surface area contributed by atoms with Crippen molar-refractivity contribution >= 4 is 16.6 Å². The molecule has 154 valence electrons. The van der Waals surface area contributed by atoms with Gasteiger partial charge in [0.1, 0.15) is 5.82 Å². The number of pyridine rings is 1. The number of rotatable bonds is 3. The molecule has 0 amide bonds. The van der Waals surface area contributed by atoms with E-state index in [2.05, 4.69) is 35.3 Å². The van der Waals surface area contributed by atoms with Crippen LogP contribution in [0.1, 0.15) is 43.0 Å². The second-order valence-corrected chi connectivity index (χ2v) is 8.46. The standard InChI is InChI=1S/C25H22FN5/c1-15-12-18(13-19-14-27-29-23(15)19)22-21(16-6-8-20(26)9-7-16)10-11-31-25(22)28-24(30-31)17-4-2-3-5-17/h6-14,17H,2-5H2,1H3,(H,27,29). The molecule has 1 N–H and O–H groups in total. The molecule has 0 unspecified atom stereocenters. The van der Waals surface area contributed by atoms with Crippen molar-refractivity contribution in [2.45, 2.75) is 38.5 Å². The summed E-state index contributed by atoms with van der Waals surface area (Å²) in [7, 11) is 0. The van der Waals surface area contributed by atoms with Crippen LogP contribution < -0.4 is 0 Å². The summed E-state index contributed by atoms with van der Waals surface area (Å²) in [5.74, 6) is 1.12. The third-order valence-electron chi connectivity index (χ3n) is 6.43. The smallest absolute Gasteiger partial charge is 0.164 e. The maximum atomic E-state index is 13.6. The summed E-state index contributed by atoms with van der Waals surface area (Å²) >= 11 is 0. The minimum absolute atomic E-state index is 0.243. The monoisotopic (exact) mass is 411 g/mol. The van der Waals surface area contributed by atoms with Gasteiger partial charge in [0.25, 0.3) is 0 Å². The maximum Gasteiger partial charge on any atom is 0.164 e. The normalized spacial score (nSPS) is 14.8. The molecular weight excluding hydrogens is 389 g/mol. The topological polar surface area (TPSA) is 58.9 Å². The molecule has 6 rings (SSSR count). The van der Waals surface area contributed by atoms with Crippen LogP contribution in [0.25, 0.3) is 38.8 Å². The van der Waals surface area contributed by atoms with Crippen LogP contribution in [0.5, 0.6) is 0 Å². The molecule has 2 aromatic carbocycles. The van der Waals surface area contributed by atoms with E-state index in [1.807, 2.05) is 29.0 Å². The van der Waals surface area contributed by atoms with Crippen LogP contribution in [0, 0.1) is 12.7 Å². The summed E-state index contributed by atoms with van der Waals surface area (Å²) in [6.07, 6.45) is 8.59. The van der Waals surface area contributed by atoms with E-state index in [0.717, 1.165) is 63.0 Å². The molecule has 5 nitrogen and oxygen atoms in total. The zero-order chi connectivity index (χ0) is 20.9. The highest BCUT2D eigenvalue weighted by Crippen LogP contribution is 2.39. The Bertz CT molecular complexity index is 1410. The quantitative estimate of drug-likeness (QED) is 0.393. The van der Waals surface area contributed by atoms with Crippen molar-refractivity contribution < 1.29 is 4.39 Å². The molecule has 1 saturated carbocycles. The molecule has 0 radical (unpaired) electrons. The van der Waals surface area contributed by atoms with Crippen molar-refractivity contribution in [1.29, 1.82) is 0 Å². The van der Waals surface area contributed by atoms with Gasteiger partial charge in [-0.1, -0.05) is 25.0 Å². The number of nitrogens with one attached hydrogen (secondary N) is 1. The van der Waals surface area contributed by atoms with Crippen molar-refractivity contribution in [3.8, 4) is 22.3 Å². The van der Waals surface area contributed by atoms with Gasteiger partial charge in [0, 0.05) is 23.1 Å². The lowest BCUT2D eigenvalue weighted by atomic mass is 9.94. The van der Waals surface area contributed by atoms with Crippen molar-refractivity contribution in [2.75, 3.05) is 0 Å². The second kappa shape index (κ2) is 7.01. The fraction of sp³-hybridized carbons (Fsp3) is 0.240. The third kappa shape index (κ3) is 3.02. The number of hydrogen-bond acceptors (Lipinski definition) is 3. The highest BCUT2D eigenvalue weighted by atomic mass is 19.1. The van der Waals surface area contributed by atoms with Gasteiger partial charge in [-0.25, -0.2) is 13.9 Å². The van der Waals surface area contributed by atoms with Gasteiger partial charge in [-0.2, -0.15) is 10.2 Å². The first-order valence-electron chi connectivity index (χ1n) is 10.8. The first kappa shape index (κ1) is 18.2. The SMILES string of the molecule is Cc1cc(-c2c(-c3ccc(F)cc3)ccn3nc(C4CCCC4)nc23)cc2cn[nH]c12. The van der Waals surface area contributed by atoms with Crippen LogP contribution in [0.3, 0.4) is 0 Å². The van der Waals surface area contributed by atoms with Crippen molar-refractivity contribution in [2.24, 2.45) is 0 Å². The van der Waals surface area contributed by atoms with Crippen molar-refractivity contribution in [3.05, 3.63) is 72.1 Å². The van der Waals surface area contributed by atoms with E-state index < -0.39 is 0 Å². The minimum atomic E-state index is -0.243. The molecule has 0 bridgehead atoms. The second-order valence-electron chi connectivity index (χ2n) is 8.46. The number of nitrogens with zero attached hydrogens (tertiary/aromatic N) is 4. The molecule has 6 heteroatoms. The van der Waals surface area contributed by atoms with E-state index >= 15 is 0 Å². The average molecular weight is 411 g/mol. The largest absolute Gasteiger partial charge is 0.278 e. The average Bonchev–Trinajstić information content (AvgIpc) is 3.52. The highest BCUT2D eigenvalue weighted by molar-refractivity contribution is 5.96. The van der Waals surface area contributed by atoms with E-state index in [-0.39, 0.29) is 5.82 Å². The van der Waals surface area contributed by atoms with Crippen LogP contribution in [-0.4, -0.2) is 24.8 Å². The van der Waals surface area contributed by atoms with E-state index in [1.165, 1.54) is 25.0 Å². The molecule has 0 atom stereocenters. The number of hydrogen-bond donors (Lipinski definition) is 1. The number of fused-ring (bicyclic) bond motifs is 2. The molecule has 0 aliphatic heterocycles. The number of aromatic amines is 1. The summed E-state index contributed by atoms with van der Waals surface area (Å²) in [5, 5.41) is 13.2. The molecule has 3 heterocycles. The Morgan fingerprint density at radius 2 is 1.84 bits per heavy atom.